The van der Waals surface area contributed by atoms with Gasteiger partial charge in [0, 0.05) is 30.1 Å². The van der Waals surface area contributed by atoms with Gasteiger partial charge in [-0.05, 0) is 127 Å². The van der Waals surface area contributed by atoms with Crippen LogP contribution in [0.25, 0.3) is 22.2 Å². The second-order valence-electron chi connectivity index (χ2n) is 13.9. The number of rotatable bonds is 13. The summed E-state index contributed by atoms with van der Waals surface area (Å²) in [5.74, 6) is 3.36. The van der Waals surface area contributed by atoms with Crippen LogP contribution >= 0.6 is 11.8 Å². The Morgan fingerprint density at radius 3 is 2.07 bits per heavy atom. The Morgan fingerprint density at radius 2 is 1.45 bits per heavy atom. The van der Waals surface area contributed by atoms with Crippen LogP contribution in [-0.4, -0.2) is 49.8 Å². The van der Waals surface area contributed by atoms with Crippen LogP contribution in [0.4, 0.5) is 4.79 Å². The number of pyridine rings is 1. The maximum Gasteiger partial charge on any atom is 0.282 e. The predicted molar refractivity (Wildman–Crippen MR) is 221 cm³/mol. The molecule has 0 radical (unpaired) electrons. The Bertz CT molecular complexity index is 2450. The maximum atomic E-state index is 13.6. The van der Waals surface area contributed by atoms with Gasteiger partial charge in [-0.3, -0.25) is 4.79 Å². The molecule has 2 aliphatic rings. The number of ether oxygens (including phenoxy) is 3. The Hall–Kier alpha value is -5.62. The fourth-order valence-corrected chi connectivity index (χ4v) is 9.95. The normalized spacial score (nSPS) is 18.6. The molecular formula is C45H41N3O6S2. The second kappa shape index (κ2) is 16.2. The van der Waals surface area contributed by atoms with Crippen molar-refractivity contribution >= 4 is 37.9 Å². The van der Waals surface area contributed by atoms with Gasteiger partial charge in [0.2, 0.25) is 10.0 Å². The zero-order chi connectivity index (χ0) is 38.6. The first-order valence-corrected chi connectivity index (χ1v) is 20.9. The van der Waals surface area contributed by atoms with Crippen LogP contribution in [0.2, 0.25) is 0 Å². The number of amides is 1. The topological polar surface area (TPSA) is 107 Å². The molecule has 56 heavy (non-hydrogen) atoms. The van der Waals surface area contributed by atoms with Crippen molar-refractivity contribution in [3.8, 4) is 40.0 Å². The number of hydrogen-bond donors (Lipinski definition) is 1. The molecule has 0 aliphatic carbocycles. The molecule has 4 atom stereocenters. The Labute approximate surface area is 331 Å². The largest absolute Gasteiger partial charge is 0.497 e. The van der Waals surface area contributed by atoms with Crippen LogP contribution in [0.1, 0.15) is 23.7 Å². The fourth-order valence-electron chi connectivity index (χ4n) is 7.56. The Balaban J connectivity index is 1.02. The van der Waals surface area contributed by atoms with E-state index in [-0.39, 0.29) is 39.8 Å². The fraction of sp³-hybridized carbons (Fsp3) is 0.200. The highest BCUT2D eigenvalue weighted by atomic mass is 32.2. The third-order valence-electron chi connectivity index (χ3n) is 10.5. The van der Waals surface area contributed by atoms with E-state index in [0.717, 1.165) is 45.6 Å². The summed E-state index contributed by atoms with van der Waals surface area (Å²) < 4.78 is 47.2. The molecule has 3 heterocycles. The van der Waals surface area contributed by atoms with E-state index in [4.69, 9.17) is 19.2 Å². The molecule has 1 amide bonds. The average Bonchev–Trinajstić information content (AvgIpc) is 3.56. The lowest BCUT2D eigenvalue weighted by Crippen LogP contribution is -2.44. The SMILES string of the molecule is C=C[C@@H](CNS(=O)(=O)c1ccc(Oc2ccccc2)cc1)[C@H]1CCN2C(=O)S[C@@H](c3cc(-c4ccc(Oc5ccccc5)cc4)nc4ccc(OC)cc34)[C@@H]2C1. The number of thioether (sulfide) groups is 1. The average molecular weight is 784 g/mol. The van der Waals surface area contributed by atoms with Gasteiger partial charge in [-0.1, -0.05) is 54.2 Å². The highest BCUT2D eigenvalue weighted by Crippen LogP contribution is 2.51. The Kier molecular flexibility index (Phi) is 10.8. The standard InChI is InChI=1S/C45H41N3O6S2/c1-3-30(29-46-56(50,51)38-21-18-36(19-22-38)54-34-12-8-5-9-13-34)32-24-25-48-43(26-32)44(55-45(48)49)40-28-42(47-41-23-20-37(52-2)27-39(40)41)31-14-16-35(17-15-31)53-33-10-6-4-7-11-33/h3-23,27-28,30,32,43-44,46H,1,24-26,29H2,2H3/t30-,32-,43-,44-/m0/s1. The summed E-state index contributed by atoms with van der Waals surface area (Å²) in [5, 5.41) is 0.798. The first-order chi connectivity index (χ1) is 27.3. The first-order valence-electron chi connectivity index (χ1n) is 18.5. The number of nitrogens with one attached hydrogen (secondary N) is 1. The van der Waals surface area contributed by atoms with Gasteiger partial charge in [-0.2, -0.15) is 0 Å². The van der Waals surface area contributed by atoms with E-state index in [9.17, 15) is 13.2 Å². The van der Waals surface area contributed by atoms with Crippen LogP contribution in [0.3, 0.4) is 0 Å². The van der Waals surface area contributed by atoms with Gasteiger partial charge in [0.15, 0.2) is 0 Å². The third kappa shape index (κ3) is 8.02. The lowest BCUT2D eigenvalue weighted by atomic mass is 9.79. The number of methoxy groups -OCH3 is 1. The molecule has 2 saturated heterocycles. The number of aromatic nitrogens is 1. The van der Waals surface area contributed by atoms with Crippen LogP contribution < -0.4 is 18.9 Å². The van der Waals surface area contributed by atoms with Crippen molar-refractivity contribution in [1.29, 1.82) is 0 Å². The maximum absolute atomic E-state index is 13.6. The summed E-state index contributed by atoms with van der Waals surface area (Å²) in [6.45, 7) is 4.88. The number of sulfonamides is 1. The summed E-state index contributed by atoms with van der Waals surface area (Å²) in [5.41, 5.74) is 3.53. The molecule has 1 N–H and O–H groups in total. The minimum absolute atomic E-state index is 0.0471. The molecule has 284 valence electrons. The molecular weight excluding hydrogens is 743 g/mol. The van der Waals surface area contributed by atoms with Crippen molar-refractivity contribution in [2.24, 2.45) is 11.8 Å². The molecule has 0 saturated carbocycles. The highest BCUT2D eigenvalue weighted by Gasteiger charge is 2.46. The zero-order valence-electron chi connectivity index (χ0n) is 30.8. The molecule has 2 aliphatic heterocycles. The highest BCUT2D eigenvalue weighted by molar-refractivity contribution is 8.14. The van der Waals surface area contributed by atoms with Gasteiger partial charge in [-0.25, -0.2) is 18.1 Å². The molecule has 11 heteroatoms. The van der Waals surface area contributed by atoms with Crippen molar-refractivity contribution in [1.82, 2.24) is 14.6 Å². The van der Waals surface area contributed by atoms with Crippen molar-refractivity contribution in [2.75, 3.05) is 20.2 Å². The predicted octanol–water partition coefficient (Wildman–Crippen LogP) is 10.3. The van der Waals surface area contributed by atoms with Gasteiger partial charge in [0.25, 0.3) is 5.24 Å². The summed E-state index contributed by atoms with van der Waals surface area (Å²) in [7, 11) is -2.16. The molecule has 0 bridgehead atoms. The van der Waals surface area contributed by atoms with Gasteiger partial charge in [-0.15, -0.1) is 6.58 Å². The van der Waals surface area contributed by atoms with Crippen molar-refractivity contribution in [3.05, 3.63) is 152 Å². The van der Waals surface area contributed by atoms with Crippen LogP contribution in [0.5, 0.6) is 28.7 Å². The van der Waals surface area contributed by atoms with Gasteiger partial charge in [0.1, 0.15) is 28.7 Å². The summed E-state index contributed by atoms with van der Waals surface area (Å²) >= 11 is 1.35. The third-order valence-corrected chi connectivity index (χ3v) is 13.2. The smallest absolute Gasteiger partial charge is 0.282 e. The van der Waals surface area contributed by atoms with E-state index in [1.165, 1.54) is 11.8 Å². The number of para-hydroxylation sites is 2. The molecule has 0 unspecified atom stereocenters. The number of carbonyl (C=O) groups excluding carboxylic acids is 1. The van der Waals surface area contributed by atoms with E-state index in [1.807, 2.05) is 114 Å². The lowest BCUT2D eigenvalue weighted by molar-refractivity contribution is 0.135. The summed E-state index contributed by atoms with van der Waals surface area (Å²) in [6, 6.07) is 41.1. The number of carbonyl (C=O) groups is 1. The quantitative estimate of drug-likeness (QED) is 0.115. The lowest BCUT2D eigenvalue weighted by Gasteiger charge is -2.39. The minimum atomic E-state index is -3.80. The molecule has 5 aromatic carbocycles. The van der Waals surface area contributed by atoms with E-state index in [0.29, 0.717) is 30.2 Å². The van der Waals surface area contributed by atoms with Gasteiger partial charge >= 0.3 is 0 Å². The van der Waals surface area contributed by atoms with E-state index in [1.54, 1.807) is 31.4 Å². The summed E-state index contributed by atoms with van der Waals surface area (Å²) in [6.07, 6.45) is 3.28. The summed E-state index contributed by atoms with van der Waals surface area (Å²) in [4.78, 5) is 20.8. The molecule has 8 rings (SSSR count). The number of benzene rings is 5. The van der Waals surface area contributed by atoms with Gasteiger partial charge < -0.3 is 19.1 Å². The molecule has 6 aromatic rings. The molecule has 9 nitrogen and oxygen atoms in total. The molecule has 1 aromatic heterocycles. The Morgan fingerprint density at radius 1 is 0.839 bits per heavy atom. The van der Waals surface area contributed by atoms with E-state index < -0.39 is 10.0 Å². The molecule has 0 spiro atoms. The molecule has 2 fully saturated rings. The monoisotopic (exact) mass is 783 g/mol. The van der Waals surface area contributed by atoms with Crippen molar-refractivity contribution in [3.63, 3.8) is 0 Å². The van der Waals surface area contributed by atoms with Crippen LogP contribution in [-0.2, 0) is 10.0 Å². The number of fused-ring (bicyclic) bond motifs is 2. The van der Waals surface area contributed by atoms with Gasteiger partial charge in [0.05, 0.1) is 28.5 Å². The van der Waals surface area contributed by atoms with Crippen molar-refractivity contribution in [2.45, 2.75) is 29.0 Å². The number of piperidine rings is 1. The minimum Gasteiger partial charge on any atom is -0.497 e. The number of hydrogen-bond acceptors (Lipinski definition) is 8. The second-order valence-corrected chi connectivity index (χ2v) is 16.8. The number of nitrogens with zero attached hydrogens (tertiary/aromatic N) is 2. The van der Waals surface area contributed by atoms with Crippen LogP contribution in [0, 0.1) is 11.8 Å². The van der Waals surface area contributed by atoms with Crippen molar-refractivity contribution < 1.29 is 27.4 Å². The van der Waals surface area contributed by atoms with Crippen LogP contribution in [0.15, 0.2) is 151 Å². The first kappa shape index (κ1) is 37.3. The van der Waals surface area contributed by atoms with E-state index in [2.05, 4.69) is 17.4 Å². The zero-order valence-corrected chi connectivity index (χ0v) is 32.4. The van der Waals surface area contributed by atoms with E-state index >= 15 is 0 Å².